The third-order valence-corrected chi connectivity index (χ3v) is 7.72. The molecule has 1 aliphatic heterocycles. The number of guanidine groups is 1. The Morgan fingerprint density at radius 3 is 2.31 bits per heavy atom. The molecule has 0 radical (unpaired) electrons. The van der Waals surface area contributed by atoms with Gasteiger partial charge in [-0.2, -0.15) is 0 Å². The number of hydrogen-bond donors (Lipinski definition) is 8. The molecule has 256 valence electrons. The van der Waals surface area contributed by atoms with Gasteiger partial charge in [0.15, 0.2) is 5.96 Å². The lowest BCUT2D eigenvalue weighted by Gasteiger charge is -2.33. The number of nitrogens with one attached hydrogen (secondary N) is 5. The fraction of sp³-hybridized carbons (Fsp3) is 0.759. The van der Waals surface area contributed by atoms with Crippen LogP contribution in [0.25, 0.3) is 0 Å². The van der Waals surface area contributed by atoms with Crippen LogP contribution in [0.2, 0.25) is 0 Å². The molecule has 0 unspecified atom stereocenters. The van der Waals surface area contributed by atoms with Crippen molar-refractivity contribution in [2.24, 2.45) is 28.3 Å². The molecule has 45 heavy (non-hydrogen) atoms. The van der Waals surface area contributed by atoms with E-state index in [1.807, 2.05) is 27.7 Å². The Bertz CT molecular complexity index is 1060. The average molecular weight is 640 g/mol. The van der Waals surface area contributed by atoms with Crippen LogP contribution in [0.3, 0.4) is 0 Å². The SMILES string of the molecule is CC[C@H](C)[C@@H]1NC(=O)[C@H](CC(C)C)N(C)C(=O)[C@H](C)NC(=O)[C@H](NC(=O)N[C@@H](CCCN=C(N)N)C(=O)O)CCCCNC1=O. The van der Waals surface area contributed by atoms with Gasteiger partial charge < -0.3 is 48.1 Å². The van der Waals surface area contributed by atoms with Crippen LogP contribution < -0.4 is 38.1 Å². The average Bonchev–Trinajstić information content (AvgIpc) is 2.96. The second-order valence-corrected chi connectivity index (χ2v) is 12.0. The molecular weight excluding hydrogens is 586 g/mol. The number of aliphatic carboxylic acids is 1. The minimum atomic E-state index is -1.27. The molecule has 1 saturated heterocycles. The van der Waals surface area contributed by atoms with Crippen molar-refractivity contribution in [1.29, 1.82) is 0 Å². The molecule has 1 heterocycles. The van der Waals surface area contributed by atoms with Gasteiger partial charge in [0.25, 0.3) is 0 Å². The van der Waals surface area contributed by atoms with Crippen LogP contribution in [0.1, 0.15) is 79.6 Å². The highest BCUT2D eigenvalue weighted by Gasteiger charge is 2.35. The molecule has 0 saturated carbocycles. The van der Waals surface area contributed by atoms with E-state index in [4.69, 9.17) is 11.5 Å². The molecule has 6 amide bonds. The summed E-state index contributed by atoms with van der Waals surface area (Å²) in [4.78, 5) is 82.9. The van der Waals surface area contributed by atoms with Crippen molar-refractivity contribution in [3.63, 3.8) is 0 Å². The fourth-order valence-electron chi connectivity index (χ4n) is 4.86. The van der Waals surface area contributed by atoms with Crippen molar-refractivity contribution in [3.05, 3.63) is 0 Å². The van der Waals surface area contributed by atoms with Gasteiger partial charge in [-0.05, 0) is 57.3 Å². The summed E-state index contributed by atoms with van der Waals surface area (Å²) in [7, 11) is 1.47. The molecule has 1 rings (SSSR count). The summed E-state index contributed by atoms with van der Waals surface area (Å²) >= 11 is 0. The summed E-state index contributed by atoms with van der Waals surface area (Å²) < 4.78 is 0. The standard InChI is InChI=1S/C29H53N9O7/c1-7-17(4)22-25(41)32-13-9-8-11-19(35-29(45)36-20(27(43)44)12-10-14-33-28(30)31)23(39)34-18(5)26(42)38(6)21(15-16(2)3)24(40)37-22/h16-22H,7-15H2,1-6H3,(H,32,41)(H,34,39)(H,37,40)(H,43,44)(H4,30,31,33)(H2,35,36,45)/t17-,18-,19+,20-,21-,22-/m0/s1. The zero-order valence-electron chi connectivity index (χ0n) is 27.4. The van der Waals surface area contributed by atoms with Crippen LogP contribution in [0.5, 0.6) is 0 Å². The van der Waals surface area contributed by atoms with Gasteiger partial charge in [0.05, 0.1) is 0 Å². The zero-order valence-corrected chi connectivity index (χ0v) is 27.4. The molecule has 0 aromatic heterocycles. The van der Waals surface area contributed by atoms with Gasteiger partial charge in [0, 0.05) is 20.1 Å². The summed E-state index contributed by atoms with van der Waals surface area (Å²) in [6, 6.07) is -6.02. The number of carbonyl (C=O) groups excluding carboxylic acids is 5. The van der Waals surface area contributed by atoms with E-state index >= 15 is 0 Å². The van der Waals surface area contributed by atoms with Crippen molar-refractivity contribution in [2.75, 3.05) is 20.1 Å². The molecular formula is C29H53N9O7. The lowest BCUT2D eigenvalue weighted by atomic mass is 9.96. The minimum absolute atomic E-state index is 0.0376. The number of hydrogen-bond acceptors (Lipinski definition) is 7. The highest BCUT2D eigenvalue weighted by Crippen LogP contribution is 2.15. The van der Waals surface area contributed by atoms with Crippen LogP contribution in [-0.4, -0.2) is 102 Å². The molecule has 0 aromatic rings. The van der Waals surface area contributed by atoms with Crippen molar-refractivity contribution in [1.82, 2.24) is 31.5 Å². The highest BCUT2D eigenvalue weighted by atomic mass is 16.4. The number of amides is 6. The largest absolute Gasteiger partial charge is 0.480 e. The van der Waals surface area contributed by atoms with Crippen LogP contribution in [0.15, 0.2) is 4.99 Å². The molecule has 16 nitrogen and oxygen atoms in total. The van der Waals surface area contributed by atoms with Gasteiger partial charge in [0.2, 0.25) is 23.6 Å². The number of aliphatic imine (C=N–C) groups is 1. The summed E-state index contributed by atoms with van der Waals surface area (Å²) in [5.41, 5.74) is 10.6. The van der Waals surface area contributed by atoms with Crippen LogP contribution in [-0.2, 0) is 24.0 Å². The number of nitrogens with zero attached hydrogens (tertiary/aromatic N) is 2. The molecule has 10 N–H and O–H groups in total. The van der Waals surface area contributed by atoms with Crippen molar-refractivity contribution >= 4 is 41.6 Å². The quantitative estimate of drug-likeness (QED) is 0.0813. The van der Waals surface area contributed by atoms with Gasteiger partial charge >= 0.3 is 12.0 Å². The number of carbonyl (C=O) groups is 6. The molecule has 0 bridgehead atoms. The predicted octanol–water partition coefficient (Wildman–Crippen LogP) is -0.630. The number of carboxylic acids is 1. The molecule has 6 atom stereocenters. The lowest BCUT2D eigenvalue weighted by Crippen LogP contribution is -2.59. The topological polar surface area (TPSA) is 250 Å². The lowest BCUT2D eigenvalue weighted by molar-refractivity contribution is -0.143. The molecule has 0 aromatic carbocycles. The molecule has 16 heteroatoms. The number of urea groups is 1. The first-order chi connectivity index (χ1) is 21.1. The Morgan fingerprint density at radius 1 is 1.07 bits per heavy atom. The minimum Gasteiger partial charge on any atom is -0.480 e. The Kier molecular flexibility index (Phi) is 16.7. The third kappa shape index (κ3) is 13.6. The Hall–Kier alpha value is -4.11. The first-order valence-corrected chi connectivity index (χ1v) is 15.6. The summed E-state index contributed by atoms with van der Waals surface area (Å²) in [6.07, 6.45) is 2.29. The van der Waals surface area contributed by atoms with Crippen molar-refractivity contribution in [3.8, 4) is 0 Å². The monoisotopic (exact) mass is 639 g/mol. The van der Waals surface area contributed by atoms with E-state index in [2.05, 4.69) is 31.6 Å². The predicted molar refractivity (Wildman–Crippen MR) is 169 cm³/mol. The summed E-state index contributed by atoms with van der Waals surface area (Å²) in [6.45, 7) is 9.53. The third-order valence-electron chi connectivity index (χ3n) is 7.72. The zero-order chi connectivity index (χ0) is 34.3. The van der Waals surface area contributed by atoms with E-state index < -0.39 is 59.9 Å². The first-order valence-electron chi connectivity index (χ1n) is 15.6. The molecule has 0 aliphatic carbocycles. The number of likely N-dealkylation sites (N-methyl/N-ethyl adjacent to an activating group) is 1. The van der Waals surface area contributed by atoms with Crippen LogP contribution >= 0.6 is 0 Å². The van der Waals surface area contributed by atoms with E-state index in [0.717, 1.165) is 0 Å². The second-order valence-electron chi connectivity index (χ2n) is 12.0. The molecule has 1 fully saturated rings. The maximum absolute atomic E-state index is 13.5. The second kappa shape index (κ2) is 19.3. The number of carboxylic acid groups (broad SMARTS) is 1. The number of nitrogens with two attached hydrogens (primary N) is 2. The smallest absolute Gasteiger partial charge is 0.326 e. The van der Waals surface area contributed by atoms with Crippen molar-refractivity contribution in [2.45, 2.75) is 110 Å². The van der Waals surface area contributed by atoms with Gasteiger partial charge in [0.1, 0.15) is 30.2 Å². The van der Waals surface area contributed by atoms with Gasteiger partial charge in [-0.15, -0.1) is 0 Å². The van der Waals surface area contributed by atoms with E-state index in [1.165, 1.54) is 18.9 Å². The van der Waals surface area contributed by atoms with E-state index in [1.54, 1.807) is 0 Å². The fourth-order valence-corrected chi connectivity index (χ4v) is 4.86. The van der Waals surface area contributed by atoms with Gasteiger partial charge in [-0.3, -0.25) is 24.2 Å². The van der Waals surface area contributed by atoms with Gasteiger partial charge in [-0.25, -0.2) is 9.59 Å². The molecule has 1 aliphatic rings. The highest BCUT2D eigenvalue weighted by molar-refractivity contribution is 5.95. The van der Waals surface area contributed by atoms with E-state index in [0.29, 0.717) is 25.7 Å². The van der Waals surface area contributed by atoms with Crippen LogP contribution in [0, 0.1) is 11.8 Å². The Balaban J connectivity index is 3.20. The first kappa shape index (κ1) is 38.9. The van der Waals surface area contributed by atoms with Crippen LogP contribution in [0.4, 0.5) is 4.79 Å². The van der Waals surface area contributed by atoms with E-state index in [9.17, 15) is 33.9 Å². The van der Waals surface area contributed by atoms with E-state index in [-0.39, 0.29) is 56.1 Å². The maximum atomic E-state index is 13.5. The Labute approximate surface area is 265 Å². The Morgan fingerprint density at radius 2 is 1.73 bits per heavy atom. The molecule has 0 spiro atoms. The normalized spacial score (nSPS) is 23.7. The number of rotatable bonds is 11. The van der Waals surface area contributed by atoms with Crippen molar-refractivity contribution < 1.29 is 33.9 Å². The summed E-state index contributed by atoms with van der Waals surface area (Å²) in [5.74, 6) is -3.53. The summed E-state index contributed by atoms with van der Waals surface area (Å²) in [5, 5.41) is 22.8. The van der Waals surface area contributed by atoms with Gasteiger partial charge in [-0.1, -0.05) is 34.1 Å². The maximum Gasteiger partial charge on any atom is 0.326 e.